The van der Waals surface area contributed by atoms with Crippen molar-refractivity contribution in [2.24, 2.45) is 23.9 Å². The molecule has 0 aliphatic heterocycles. The lowest BCUT2D eigenvalue weighted by molar-refractivity contribution is 0.250. The number of aromatic nitrogens is 2. The Morgan fingerprint density at radius 1 is 1.24 bits per heavy atom. The summed E-state index contributed by atoms with van der Waals surface area (Å²) in [5.41, 5.74) is 3.73. The average Bonchev–Trinajstić information content (AvgIpc) is 2.80. The second kappa shape index (κ2) is 10.4. The lowest BCUT2D eigenvalue weighted by atomic mass is 9.80. The third kappa shape index (κ3) is 6.15. The zero-order chi connectivity index (χ0) is 17.7. The van der Waals surface area contributed by atoms with E-state index in [0.29, 0.717) is 6.04 Å². The molecule has 1 aliphatic rings. The normalized spacial score (nSPS) is 21.2. The van der Waals surface area contributed by atoms with Gasteiger partial charge in [0.25, 0.3) is 0 Å². The van der Waals surface area contributed by atoms with Gasteiger partial charge in [0.05, 0.1) is 5.69 Å². The molecule has 5 nitrogen and oxygen atoms in total. The molecular formula is C19H36IN5. The molecule has 0 spiro atoms. The first-order valence-corrected chi connectivity index (χ1v) is 9.38. The van der Waals surface area contributed by atoms with Gasteiger partial charge in [0, 0.05) is 32.4 Å². The zero-order valence-electron chi connectivity index (χ0n) is 16.7. The molecule has 1 aromatic heterocycles. The Labute approximate surface area is 170 Å². The van der Waals surface area contributed by atoms with E-state index in [1.807, 2.05) is 18.8 Å². The first-order chi connectivity index (χ1) is 11.4. The lowest BCUT2D eigenvalue weighted by Crippen LogP contribution is -2.45. The van der Waals surface area contributed by atoms with E-state index >= 15 is 0 Å². The number of halogens is 1. The predicted molar refractivity (Wildman–Crippen MR) is 117 cm³/mol. The van der Waals surface area contributed by atoms with Crippen molar-refractivity contribution in [2.45, 2.75) is 65.8 Å². The molecule has 144 valence electrons. The van der Waals surface area contributed by atoms with E-state index in [4.69, 9.17) is 0 Å². The molecule has 0 bridgehead atoms. The second-order valence-electron chi connectivity index (χ2n) is 7.52. The second-order valence-corrected chi connectivity index (χ2v) is 7.52. The van der Waals surface area contributed by atoms with Crippen molar-refractivity contribution in [3.63, 3.8) is 0 Å². The number of nitrogens with zero attached hydrogens (tertiary/aromatic N) is 3. The summed E-state index contributed by atoms with van der Waals surface area (Å²) < 4.78 is 1.96. The first-order valence-electron chi connectivity index (χ1n) is 9.38. The van der Waals surface area contributed by atoms with Crippen LogP contribution in [0.25, 0.3) is 0 Å². The molecule has 1 fully saturated rings. The standard InChI is InChI=1S/C19H35N5.HI/c1-13(2)16-7-9-17(10-8-16)22-19(20-5)21-12-11-18-14(3)23-24(6)15(18)4;/h13,16-17H,7-12H2,1-6H3,(H2,20,21,22);1H. The van der Waals surface area contributed by atoms with Crippen LogP contribution in [0.5, 0.6) is 0 Å². The van der Waals surface area contributed by atoms with Crippen LogP contribution in [0.15, 0.2) is 4.99 Å². The van der Waals surface area contributed by atoms with Crippen molar-refractivity contribution < 1.29 is 0 Å². The molecule has 0 atom stereocenters. The van der Waals surface area contributed by atoms with Crippen LogP contribution in [0.4, 0.5) is 0 Å². The van der Waals surface area contributed by atoms with E-state index in [1.54, 1.807) is 0 Å². The van der Waals surface area contributed by atoms with E-state index in [2.05, 4.69) is 48.4 Å². The van der Waals surface area contributed by atoms with Gasteiger partial charge in [-0.25, -0.2) is 0 Å². The van der Waals surface area contributed by atoms with Crippen LogP contribution in [0.1, 0.15) is 56.5 Å². The Morgan fingerprint density at radius 3 is 2.36 bits per heavy atom. The number of hydrogen-bond donors (Lipinski definition) is 2. The van der Waals surface area contributed by atoms with Crippen LogP contribution in [0.3, 0.4) is 0 Å². The highest BCUT2D eigenvalue weighted by Gasteiger charge is 2.23. The molecular weight excluding hydrogens is 425 g/mol. The van der Waals surface area contributed by atoms with E-state index in [-0.39, 0.29) is 24.0 Å². The molecule has 0 aromatic carbocycles. The molecule has 25 heavy (non-hydrogen) atoms. The molecule has 0 amide bonds. The van der Waals surface area contributed by atoms with Crippen molar-refractivity contribution >= 4 is 29.9 Å². The van der Waals surface area contributed by atoms with Gasteiger partial charge < -0.3 is 10.6 Å². The molecule has 2 N–H and O–H groups in total. The van der Waals surface area contributed by atoms with Gasteiger partial charge in [0.1, 0.15) is 0 Å². The Morgan fingerprint density at radius 2 is 1.88 bits per heavy atom. The van der Waals surface area contributed by atoms with E-state index < -0.39 is 0 Å². The van der Waals surface area contributed by atoms with Gasteiger partial charge >= 0.3 is 0 Å². The zero-order valence-corrected chi connectivity index (χ0v) is 19.1. The summed E-state index contributed by atoms with van der Waals surface area (Å²) in [6.07, 6.45) is 6.15. The van der Waals surface area contributed by atoms with E-state index in [1.165, 1.54) is 36.9 Å². The number of nitrogens with one attached hydrogen (secondary N) is 2. The fourth-order valence-corrected chi connectivity index (χ4v) is 3.80. The Kier molecular flexibility index (Phi) is 9.24. The number of aryl methyl sites for hydroxylation is 2. The highest BCUT2D eigenvalue weighted by molar-refractivity contribution is 14.0. The van der Waals surface area contributed by atoms with Gasteiger partial charge in [0.15, 0.2) is 5.96 Å². The fraction of sp³-hybridized carbons (Fsp3) is 0.789. The lowest BCUT2D eigenvalue weighted by Gasteiger charge is -2.32. The molecule has 0 unspecified atom stereocenters. The number of guanidine groups is 1. The van der Waals surface area contributed by atoms with E-state index in [9.17, 15) is 0 Å². The maximum absolute atomic E-state index is 4.49. The summed E-state index contributed by atoms with van der Waals surface area (Å²) in [6, 6.07) is 0.563. The van der Waals surface area contributed by atoms with Crippen LogP contribution < -0.4 is 10.6 Å². The van der Waals surface area contributed by atoms with Crippen molar-refractivity contribution in [1.82, 2.24) is 20.4 Å². The van der Waals surface area contributed by atoms with Crippen LogP contribution in [-0.4, -0.2) is 35.4 Å². The maximum Gasteiger partial charge on any atom is 0.191 e. The summed E-state index contributed by atoms with van der Waals surface area (Å²) >= 11 is 0. The maximum atomic E-state index is 4.49. The van der Waals surface area contributed by atoms with Gasteiger partial charge in [-0.2, -0.15) is 5.10 Å². The third-order valence-electron chi connectivity index (χ3n) is 5.61. The van der Waals surface area contributed by atoms with Crippen LogP contribution >= 0.6 is 24.0 Å². The quantitative estimate of drug-likeness (QED) is 0.401. The summed E-state index contributed by atoms with van der Waals surface area (Å²) in [5.74, 6) is 2.64. The minimum Gasteiger partial charge on any atom is -0.356 e. The smallest absolute Gasteiger partial charge is 0.191 e. The van der Waals surface area contributed by atoms with Crippen molar-refractivity contribution in [2.75, 3.05) is 13.6 Å². The molecule has 1 saturated carbocycles. The monoisotopic (exact) mass is 461 g/mol. The van der Waals surface area contributed by atoms with Gasteiger partial charge in [-0.1, -0.05) is 13.8 Å². The largest absolute Gasteiger partial charge is 0.356 e. The molecule has 0 radical (unpaired) electrons. The van der Waals surface area contributed by atoms with Gasteiger partial charge in [-0.05, 0) is 63.4 Å². The van der Waals surface area contributed by atoms with Gasteiger partial charge in [0.2, 0.25) is 0 Å². The van der Waals surface area contributed by atoms with Gasteiger partial charge in [-0.3, -0.25) is 9.67 Å². The van der Waals surface area contributed by atoms with Crippen LogP contribution in [-0.2, 0) is 13.5 Å². The summed E-state index contributed by atoms with van der Waals surface area (Å²) in [7, 11) is 3.86. The number of aliphatic imine (C=N–C) groups is 1. The summed E-state index contributed by atoms with van der Waals surface area (Å²) in [5, 5.41) is 11.6. The SMILES string of the molecule is CN=C(NCCc1c(C)nn(C)c1C)NC1CCC(C(C)C)CC1.I. The van der Waals surface area contributed by atoms with Crippen molar-refractivity contribution in [3.05, 3.63) is 17.0 Å². The Bertz CT molecular complexity index is 556. The molecule has 1 aromatic rings. The highest BCUT2D eigenvalue weighted by atomic mass is 127. The van der Waals surface area contributed by atoms with Crippen molar-refractivity contribution in [3.8, 4) is 0 Å². The Balaban J connectivity index is 0.00000312. The molecule has 0 saturated heterocycles. The highest BCUT2D eigenvalue weighted by Crippen LogP contribution is 2.29. The number of rotatable bonds is 5. The van der Waals surface area contributed by atoms with E-state index in [0.717, 1.165) is 36.5 Å². The minimum atomic E-state index is 0. The van der Waals surface area contributed by atoms with Crippen LogP contribution in [0.2, 0.25) is 0 Å². The topological polar surface area (TPSA) is 54.2 Å². The molecule has 6 heteroatoms. The average molecular weight is 461 g/mol. The minimum absolute atomic E-state index is 0. The van der Waals surface area contributed by atoms with Gasteiger partial charge in [-0.15, -0.1) is 24.0 Å². The predicted octanol–water partition coefficient (Wildman–Crippen LogP) is 3.58. The Hall–Kier alpha value is -0.790. The molecule has 2 rings (SSSR count). The molecule has 1 heterocycles. The summed E-state index contributed by atoms with van der Waals surface area (Å²) in [4.78, 5) is 4.39. The first kappa shape index (κ1) is 22.3. The van der Waals surface area contributed by atoms with Crippen LogP contribution in [0, 0.1) is 25.7 Å². The number of hydrogen-bond acceptors (Lipinski definition) is 2. The molecule has 1 aliphatic carbocycles. The fourth-order valence-electron chi connectivity index (χ4n) is 3.80. The van der Waals surface area contributed by atoms with Crippen molar-refractivity contribution in [1.29, 1.82) is 0 Å². The summed E-state index contributed by atoms with van der Waals surface area (Å²) in [6.45, 7) is 9.80. The third-order valence-corrected chi connectivity index (χ3v) is 5.61.